The standard InChI is InChI=1S/C10H20BrNO/c1-4-9(5-2)8-12(6-3)10(13)7-11/h9H,4-8H2,1-3H3. The van der Waals surface area contributed by atoms with Gasteiger partial charge in [0.15, 0.2) is 0 Å². The summed E-state index contributed by atoms with van der Waals surface area (Å²) in [5.41, 5.74) is 0. The summed E-state index contributed by atoms with van der Waals surface area (Å²) in [6.45, 7) is 8.12. The van der Waals surface area contributed by atoms with Crippen LogP contribution in [0.15, 0.2) is 0 Å². The van der Waals surface area contributed by atoms with Crippen LogP contribution in [-0.2, 0) is 4.79 Å². The SMILES string of the molecule is CCC(CC)CN(CC)C(=O)CBr. The second-order valence-electron chi connectivity index (χ2n) is 3.25. The molecule has 0 atom stereocenters. The van der Waals surface area contributed by atoms with E-state index in [9.17, 15) is 4.79 Å². The van der Waals surface area contributed by atoms with Gasteiger partial charge in [-0.05, 0) is 12.8 Å². The van der Waals surface area contributed by atoms with E-state index in [0.717, 1.165) is 25.9 Å². The van der Waals surface area contributed by atoms with Crippen molar-refractivity contribution in [2.75, 3.05) is 18.4 Å². The lowest BCUT2D eigenvalue weighted by atomic mass is 10.0. The van der Waals surface area contributed by atoms with Crippen LogP contribution in [0.4, 0.5) is 0 Å². The molecule has 0 N–H and O–H groups in total. The van der Waals surface area contributed by atoms with Crippen molar-refractivity contribution >= 4 is 21.8 Å². The highest BCUT2D eigenvalue weighted by molar-refractivity contribution is 9.09. The van der Waals surface area contributed by atoms with E-state index >= 15 is 0 Å². The average Bonchev–Trinajstić information content (AvgIpc) is 2.19. The normalized spacial score (nSPS) is 10.5. The summed E-state index contributed by atoms with van der Waals surface area (Å²) in [6, 6.07) is 0. The maximum Gasteiger partial charge on any atom is 0.233 e. The van der Waals surface area contributed by atoms with Gasteiger partial charge in [0.1, 0.15) is 0 Å². The average molecular weight is 250 g/mol. The Balaban J connectivity index is 4.02. The molecule has 0 aliphatic carbocycles. The lowest BCUT2D eigenvalue weighted by molar-refractivity contribution is -0.128. The van der Waals surface area contributed by atoms with E-state index in [4.69, 9.17) is 0 Å². The molecule has 0 aliphatic rings. The molecule has 13 heavy (non-hydrogen) atoms. The molecule has 0 radical (unpaired) electrons. The summed E-state index contributed by atoms with van der Waals surface area (Å²) in [6.07, 6.45) is 2.31. The summed E-state index contributed by atoms with van der Waals surface area (Å²) in [5, 5.41) is 0.445. The fraction of sp³-hybridized carbons (Fsp3) is 0.900. The number of carbonyl (C=O) groups excluding carboxylic acids is 1. The second kappa shape index (κ2) is 7.36. The molecule has 0 fully saturated rings. The van der Waals surface area contributed by atoms with Gasteiger partial charge in [-0.1, -0.05) is 42.6 Å². The molecular formula is C10H20BrNO. The third-order valence-electron chi connectivity index (χ3n) is 2.48. The molecule has 78 valence electrons. The highest BCUT2D eigenvalue weighted by atomic mass is 79.9. The first-order valence-corrected chi connectivity index (χ1v) is 6.15. The first-order chi connectivity index (χ1) is 6.19. The molecule has 0 saturated carbocycles. The van der Waals surface area contributed by atoms with Gasteiger partial charge in [0.05, 0.1) is 5.33 Å². The van der Waals surface area contributed by atoms with Gasteiger partial charge in [-0.3, -0.25) is 4.79 Å². The Morgan fingerprint density at radius 3 is 2.15 bits per heavy atom. The summed E-state index contributed by atoms with van der Waals surface area (Å²) in [5.74, 6) is 0.859. The molecule has 3 heteroatoms. The predicted octanol–water partition coefficient (Wildman–Crippen LogP) is 2.67. The van der Waals surface area contributed by atoms with Crippen LogP contribution in [0.3, 0.4) is 0 Å². The first-order valence-electron chi connectivity index (χ1n) is 5.03. The third-order valence-corrected chi connectivity index (χ3v) is 2.96. The Kier molecular flexibility index (Phi) is 7.33. The number of hydrogen-bond donors (Lipinski definition) is 0. The van der Waals surface area contributed by atoms with Gasteiger partial charge in [0, 0.05) is 13.1 Å². The number of hydrogen-bond acceptors (Lipinski definition) is 1. The Bertz CT molecular complexity index is 146. The van der Waals surface area contributed by atoms with Gasteiger partial charge in [-0.2, -0.15) is 0 Å². The van der Waals surface area contributed by atoms with Crippen LogP contribution in [0.1, 0.15) is 33.6 Å². The lowest BCUT2D eigenvalue weighted by Crippen LogP contribution is -2.35. The predicted molar refractivity (Wildman–Crippen MR) is 60.1 cm³/mol. The Hall–Kier alpha value is -0.0500. The van der Waals surface area contributed by atoms with E-state index in [2.05, 4.69) is 29.8 Å². The van der Waals surface area contributed by atoms with Crippen LogP contribution in [0, 0.1) is 5.92 Å². The van der Waals surface area contributed by atoms with Crippen molar-refractivity contribution in [2.24, 2.45) is 5.92 Å². The van der Waals surface area contributed by atoms with Crippen LogP contribution in [0.2, 0.25) is 0 Å². The number of carbonyl (C=O) groups is 1. The van der Waals surface area contributed by atoms with E-state index in [1.807, 2.05) is 11.8 Å². The van der Waals surface area contributed by atoms with Crippen molar-refractivity contribution in [2.45, 2.75) is 33.6 Å². The van der Waals surface area contributed by atoms with E-state index in [0.29, 0.717) is 11.2 Å². The van der Waals surface area contributed by atoms with Crippen molar-refractivity contribution in [1.29, 1.82) is 0 Å². The van der Waals surface area contributed by atoms with Crippen molar-refractivity contribution in [3.05, 3.63) is 0 Å². The topological polar surface area (TPSA) is 20.3 Å². The molecule has 1 amide bonds. The molecule has 0 saturated heterocycles. The third kappa shape index (κ3) is 4.65. The van der Waals surface area contributed by atoms with Crippen LogP contribution >= 0.6 is 15.9 Å². The molecule has 0 aliphatic heterocycles. The minimum absolute atomic E-state index is 0.203. The van der Waals surface area contributed by atoms with Crippen LogP contribution in [0.5, 0.6) is 0 Å². The number of halogens is 1. The minimum atomic E-state index is 0.203. The summed E-state index contributed by atoms with van der Waals surface area (Å²) in [7, 11) is 0. The maximum absolute atomic E-state index is 11.4. The van der Waals surface area contributed by atoms with Gasteiger partial charge in [0.2, 0.25) is 5.91 Å². The fourth-order valence-corrected chi connectivity index (χ4v) is 1.70. The molecule has 0 heterocycles. The molecule has 0 spiro atoms. The largest absolute Gasteiger partial charge is 0.342 e. The zero-order valence-electron chi connectivity index (χ0n) is 8.85. The zero-order chi connectivity index (χ0) is 10.3. The number of amides is 1. The van der Waals surface area contributed by atoms with E-state index in [1.54, 1.807) is 0 Å². The molecule has 0 bridgehead atoms. The maximum atomic E-state index is 11.4. The molecule has 0 aromatic carbocycles. The molecule has 0 aromatic rings. The Morgan fingerprint density at radius 2 is 1.85 bits per heavy atom. The first kappa shape index (κ1) is 12.9. The van der Waals surface area contributed by atoms with E-state index in [-0.39, 0.29) is 5.91 Å². The Labute approximate surface area is 89.8 Å². The summed E-state index contributed by atoms with van der Waals surface area (Å²) >= 11 is 3.20. The summed E-state index contributed by atoms with van der Waals surface area (Å²) in [4.78, 5) is 13.3. The fourth-order valence-electron chi connectivity index (χ4n) is 1.35. The van der Waals surface area contributed by atoms with Gasteiger partial charge in [0.25, 0.3) is 0 Å². The quantitative estimate of drug-likeness (QED) is 0.664. The van der Waals surface area contributed by atoms with Gasteiger partial charge in [-0.25, -0.2) is 0 Å². The van der Waals surface area contributed by atoms with Crippen molar-refractivity contribution in [1.82, 2.24) is 4.90 Å². The summed E-state index contributed by atoms with van der Waals surface area (Å²) < 4.78 is 0. The van der Waals surface area contributed by atoms with Gasteiger partial charge >= 0.3 is 0 Å². The van der Waals surface area contributed by atoms with Crippen molar-refractivity contribution in [3.63, 3.8) is 0 Å². The van der Waals surface area contributed by atoms with E-state index in [1.165, 1.54) is 0 Å². The second-order valence-corrected chi connectivity index (χ2v) is 3.81. The van der Waals surface area contributed by atoms with Crippen molar-refractivity contribution < 1.29 is 4.79 Å². The smallest absolute Gasteiger partial charge is 0.233 e. The van der Waals surface area contributed by atoms with E-state index < -0.39 is 0 Å². The minimum Gasteiger partial charge on any atom is -0.342 e. The highest BCUT2D eigenvalue weighted by Crippen LogP contribution is 2.10. The molecule has 0 aromatic heterocycles. The molecular weight excluding hydrogens is 230 g/mol. The monoisotopic (exact) mass is 249 g/mol. The van der Waals surface area contributed by atoms with Gasteiger partial charge < -0.3 is 4.90 Å². The molecule has 0 unspecified atom stereocenters. The van der Waals surface area contributed by atoms with Crippen LogP contribution < -0.4 is 0 Å². The zero-order valence-corrected chi connectivity index (χ0v) is 10.4. The number of alkyl halides is 1. The van der Waals surface area contributed by atoms with Crippen LogP contribution in [0.25, 0.3) is 0 Å². The Morgan fingerprint density at radius 1 is 1.31 bits per heavy atom. The van der Waals surface area contributed by atoms with Gasteiger partial charge in [-0.15, -0.1) is 0 Å². The molecule has 2 nitrogen and oxygen atoms in total. The number of nitrogens with zero attached hydrogens (tertiary/aromatic N) is 1. The number of rotatable bonds is 6. The molecule has 0 rings (SSSR count). The highest BCUT2D eigenvalue weighted by Gasteiger charge is 2.13. The lowest BCUT2D eigenvalue weighted by Gasteiger charge is -2.24. The van der Waals surface area contributed by atoms with Crippen LogP contribution in [-0.4, -0.2) is 29.2 Å². The van der Waals surface area contributed by atoms with Crippen molar-refractivity contribution in [3.8, 4) is 0 Å².